The zero-order valence-corrected chi connectivity index (χ0v) is 24.8. The standard InChI is InChI=1S/C30H33N3O15/c34-19-7-1-4-13(22(19)37)25(40)31-16-10-46-29(44)18(33-27(42)15-6-3-9-21(36)24(15)39)12-48-30(45)17(11-47-28(16)43)32-26(41)14-5-2-8-20(35)23(14)38/h1-9,16-18,28-30,34-39,43-45H,10-12H2,(H,31,40)(H,32,41)(H,33,42)/t16-,17-,18+,28+,29-,30-/m0/s1. The summed E-state index contributed by atoms with van der Waals surface area (Å²) in [5, 5.41) is 99.3. The molecule has 258 valence electrons. The predicted octanol–water partition coefficient (Wildman–Crippen LogP) is -1.37. The van der Waals surface area contributed by atoms with E-state index in [0.717, 1.165) is 36.4 Å². The van der Waals surface area contributed by atoms with E-state index in [1.54, 1.807) is 0 Å². The Balaban J connectivity index is 1.61. The van der Waals surface area contributed by atoms with Crippen LogP contribution in [0.25, 0.3) is 0 Å². The topological polar surface area (TPSA) is 297 Å². The van der Waals surface area contributed by atoms with Gasteiger partial charge in [-0.3, -0.25) is 14.4 Å². The van der Waals surface area contributed by atoms with Crippen LogP contribution in [-0.4, -0.2) is 120 Å². The van der Waals surface area contributed by atoms with Crippen molar-refractivity contribution in [3.63, 3.8) is 0 Å². The van der Waals surface area contributed by atoms with Crippen LogP contribution < -0.4 is 16.0 Å². The van der Waals surface area contributed by atoms with Gasteiger partial charge in [0.05, 0.1) is 36.5 Å². The number of benzene rings is 3. The molecule has 1 aliphatic heterocycles. The van der Waals surface area contributed by atoms with E-state index in [1.807, 2.05) is 0 Å². The predicted molar refractivity (Wildman–Crippen MR) is 159 cm³/mol. The van der Waals surface area contributed by atoms with Crippen molar-refractivity contribution in [1.29, 1.82) is 0 Å². The molecule has 4 rings (SSSR count). The number of nitrogens with one attached hydrogen (secondary N) is 3. The molecule has 3 amide bonds. The van der Waals surface area contributed by atoms with Crippen LogP contribution in [0.1, 0.15) is 31.1 Å². The summed E-state index contributed by atoms with van der Waals surface area (Å²) in [4.78, 5) is 38.9. The minimum absolute atomic E-state index is 0.412. The quantitative estimate of drug-likeness (QED) is 0.134. The first kappa shape index (κ1) is 35.5. The highest BCUT2D eigenvalue weighted by molar-refractivity contribution is 5.99. The summed E-state index contributed by atoms with van der Waals surface area (Å²) in [6.45, 7) is -2.18. The number of hydrogen-bond donors (Lipinski definition) is 12. The summed E-state index contributed by atoms with van der Waals surface area (Å²) in [5.74, 6) is -7.29. The van der Waals surface area contributed by atoms with Crippen LogP contribution in [0.5, 0.6) is 34.5 Å². The molecule has 1 saturated heterocycles. The minimum Gasteiger partial charge on any atom is -0.504 e. The highest BCUT2D eigenvalue weighted by atomic mass is 16.6. The van der Waals surface area contributed by atoms with E-state index in [9.17, 15) is 60.3 Å². The van der Waals surface area contributed by atoms with E-state index in [0.29, 0.717) is 0 Å². The lowest BCUT2D eigenvalue weighted by Gasteiger charge is -2.32. The SMILES string of the molecule is O=C(N[C@H]1CO[C@H](O)[C@H](NC(=O)c2cccc(O)c2O)CO[C@H](O)[C@@H](NC(=O)c2cccc(O)c2O)CO[C@H]1O)c1cccc(O)c1O. The van der Waals surface area contributed by atoms with E-state index < -0.39 is 126 Å². The maximum Gasteiger partial charge on any atom is 0.255 e. The number of carbonyl (C=O) groups is 3. The number of phenols is 6. The summed E-state index contributed by atoms with van der Waals surface area (Å²) in [6.07, 6.45) is -6.01. The fourth-order valence-electron chi connectivity index (χ4n) is 4.42. The van der Waals surface area contributed by atoms with Gasteiger partial charge in [-0.05, 0) is 36.4 Å². The average Bonchev–Trinajstić information content (AvgIpc) is 3.05. The monoisotopic (exact) mass is 675 g/mol. The summed E-state index contributed by atoms with van der Waals surface area (Å²) in [7, 11) is 0. The van der Waals surface area contributed by atoms with Crippen molar-refractivity contribution < 1.29 is 74.6 Å². The van der Waals surface area contributed by atoms with Gasteiger partial charge >= 0.3 is 0 Å². The molecule has 0 saturated carbocycles. The molecule has 1 heterocycles. The van der Waals surface area contributed by atoms with E-state index in [-0.39, 0.29) is 0 Å². The lowest BCUT2D eigenvalue weighted by molar-refractivity contribution is -0.204. The van der Waals surface area contributed by atoms with Crippen LogP contribution in [0.3, 0.4) is 0 Å². The Hall–Kier alpha value is -5.37. The number of hydrogen-bond acceptors (Lipinski definition) is 15. The molecule has 0 aliphatic carbocycles. The Kier molecular flexibility index (Phi) is 11.4. The van der Waals surface area contributed by atoms with Gasteiger partial charge in [-0.25, -0.2) is 0 Å². The first-order chi connectivity index (χ1) is 22.8. The van der Waals surface area contributed by atoms with Gasteiger partial charge in [-0.15, -0.1) is 0 Å². The number of para-hydroxylation sites is 3. The number of carbonyl (C=O) groups excluding carboxylic acids is 3. The van der Waals surface area contributed by atoms with Crippen molar-refractivity contribution in [2.24, 2.45) is 0 Å². The second-order valence-corrected chi connectivity index (χ2v) is 10.4. The smallest absolute Gasteiger partial charge is 0.255 e. The molecule has 0 radical (unpaired) electrons. The van der Waals surface area contributed by atoms with Crippen LogP contribution in [0, 0.1) is 0 Å². The highest BCUT2D eigenvalue weighted by Gasteiger charge is 2.34. The summed E-state index contributed by atoms with van der Waals surface area (Å²) in [6, 6.07) is 5.92. The third-order valence-corrected chi connectivity index (χ3v) is 7.10. The molecular weight excluding hydrogens is 642 g/mol. The second-order valence-electron chi connectivity index (χ2n) is 10.4. The van der Waals surface area contributed by atoms with E-state index in [4.69, 9.17) is 14.2 Å². The lowest BCUT2D eigenvalue weighted by atomic mass is 10.1. The number of aliphatic hydroxyl groups excluding tert-OH is 3. The Bertz CT molecular complexity index is 1450. The number of ether oxygens (including phenoxy) is 3. The lowest BCUT2D eigenvalue weighted by Crippen LogP contribution is -2.55. The van der Waals surface area contributed by atoms with E-state index in [2.05, 4.69) is 16.0 Å². The van der Waals surface area contributed by atoms with Gasteiger partial charge in [-0.1, -0.05) is 18.2 Å². The number of aliphatic hydroxyl groups is 3. The Morgan fingerprint density at radius 1 is 0.479 bits per heavy atom. The fraction of sp³-hybridized carbons (Fsp3) is 0.300. The molecule has 0 unspecified atom stereocenters. The Morgan fingerprint density at radius 3 is 0.979 bits per heavy atom. The molecule has 3 aromatic rings. The van der Waals surface area contributed by atoms with Crippen molar-refractivity contribution in [1.82, 2.24) is 16.0 Å². The molecule has 48 heavy (non-hydrogen) atoms. The molecule has 18 nitrogen and oxygen atoms in total. The zero-order valence-electron chi connectivity index (χ0n) is 24.8. The van der Waals surface area contributed by atoms with Crippen molar-refractivity contribution >= 4 is 17.7 Å². The summed E-state index contributed by atoms with van der Waals surface area (Å²) >= 11 is 0. The third kappa shape index (κ3) is 8.31. The molecule has 12 N–H and O–H groups in total. The first-order valence-electron chi connectivity index (χ1n) is 14.1. The minimum atomic E-state index is -2.00. The molecule has 1 aliphatic rings. The fourth-order valence-corrected chi connectivity index (χ4v) is 4.42. The molecular formula is C30H33N3O15. The Morgan fingerprint density at radius 2 is 0.729 bits per heavy atom. The van der Waals surface area contributed by atoms with Crippen LogP contribution in [0.15, 0.2) is 54.6 Å². The number of amides is 3. The molecule has 1 fully saturated rings. The maximum absolute atomic E-state index is 13.0. The van der Waals surface area contributed by atoms with Crippen LogP contribution in [0.4, 0.5) is 0 Å². The molecule has 0 spiro atoms. The van der Waals surface area contributed by atoms with Gasteiger partial charge in [0, 0.05) is 0 Å². The van der Waals surface area contributed by atoms with Crippen molar-refractivity contribution in [2.75, 3.05) is 19.8 Å². The molecule has 0 bridgehead atoms. The average molecular weight is 676 g/mol. The normalized spacial score (nSPS) is 23.6. The molecule has 3 aromatic carbocycles. The van der Waals surface area contributed by atoms with E-state index in [1.165, 1.54) is 18.2 Å². The van der Waals surface area contributed by atoms with Crippen LogP contribution in [-0.2, 0) is 14.2 Å². The Labute approximate surface area is 271 Å². The first-order valence-corrected chi connectivity index (χ1v) is 14.1. The largest absolute Gasteiger partial charge is 0.504 e. The zero-order chi connectivity index (χ0) is 35.1. The van der Waals surface area contributed by atoms with Gasteiger partial charge in [0.15, 0.2) is 53.4 Å². The third-order valence-electron chi connectivity index (χ3n) is 7.10. The van der Waals surface area contributed by atoms with Crippen molar-refractivity contribution in [3.8, 4) is 34.5 Å². The highest BCUT2D eigenvalue weighted by Crippen LogP contribution is 2.30. The van der Waals surface area contributed by atoms with Crippen molar-refractivity contribution in [2.45, 2.75) is 37.0 Å². The molecule has 0 aromatic heterocycles. The van der Waals surface area contributed by atoms with Crippen LogP contribution in [0.2, 0.25) is 0 Å². The van der Waals surface area contributed by atoms with Crippen molar-refractivity contribution in [3.05, 3.63) is 71.3 Å². The summed E-state index contributed by atoms with van der Waals surface area (Å²) < 4.78 is 16.1. The molecule has 6 atom stereocenters. The van der Waals surface area contributed by atoms with E-state index >= 15 is 0 Å². The van der Waals surface area contributed by atoms with Gasteiger partial charge < -0.3 is 76.1 Å². The van der Waals surface area contributed by atoms with Gasteiger partial charge in [0.1, 0.15) is 18.1 Å². The van der Waals surface area contributed by atoms with Gasteiger partial charge in [0.2, 0.25) is 0 Å². The molecule has 18 heteroatoms. The maximum atomic E-state index is 13.0. The number of phenolic OH excluding ortho intramolecular Hbond substituents is 6. The van der Waals surface area contributed by atoms with Gasteiger partial charge in [0.25, 0.3) is 17.7 Å². The second kappa shape index (κ2) is 15.5. The number of aromatic hydroxyl groups is 6. The van der Waals surface area contributed by atoms with Crippen LogP contribution >= 0.6 is 0 Å². The number of rotatable bonds is 6. The summed E-state index contributed by atoms with van der Waals surface area (Å²) in [5.41, 5.74) is -1.24. The van der Waals surface area contributed by atoms with Gasteiger partial charge in [-0.2, -0.15) is 0 Å².